The summed E-state index contributed by atoms with van der Waals surface area (Å²) >= 11 is 0. The van der Waals surface area contributed by atoms with Crippen molar-refractivity contribution in [2.24, 2.45) is 11.7 Å². The zero-order valence-corrected chi connectivity index (χ0v) is 10.8. The van der Waals surface area contributed by atoms with Crippen LogP contribution in [0.4, 0.5) is 5.69 Å². The van der Waals surface area contributed by atoms with Crippen molar-refractivity contribution in [3.63, 3.8) is 0 Å². The predicted octanol–water partition coefficient (Wildman–Crippen LogP) is 1.59. The molecule has 2 atom stereocenters. The number of hydrogen-bond acceptors (Lipinski definition) is 3. The number of carbonyl (C=O) groups is 1. The number of anilines is 1. The van der Waals surface area contributed by atoms with Crippen LogP contribution in [0, 0.1) is 5.92 Å². The van der Waals surface area contributed by atoms with Crippen LogP contribution in [0.1, 0.15) is 29.6 Å². The molecule has 1 fully saturated rings. The van der Waals surface area contributed by atoms with Gasteiger partial charge in [0, 0.05) is 24.3 Å². The molecule has 4 nitrogen and oxygen atoms in total. The Balaban J connectivity index is 2.07. The smallest absolute Gasteiger partial charge is 0.251 e. The van der Waals surface area contributed by atoms with E-state index in [0.717, 1.165) is 18.7 Å². The molecular weight excluding hydrogens is 226 g/mol. The number of hydrogen-bond donors (Lipinski definition) is 3. The molecule has 0 spiro atoms. The van der Waals surface area contributed by atoms with E-state index in [1.807, 2.05) is 24.3 Å². The summed E-state index contributed by atoms with van der Waals surface area (Å²) in [5.74, 6) is 0.495. The van der Waals surface area contributed by atoms with Gasteiger partial charge in [0.1, 0.15) is 0 Å². The van der Waals surface area contributed by atoms with Crippen molar-refractivity contribution in [2.75, 3.05) is 18.9 Å². The van der Waals surface area contributed by atoms with E-state index in [-0.39, 0.29) is 5.91 Å². The normalized spacial score (nSPS) is 22.8. The highest BCUT2D eigenvalue weighted by atomic mass is 16.1. The minimum absolute atomic E-state index is 0.0551. The summed E-state index contributed by atoms with van der Waals surface area (Å²) < 4.78 is 0. The first kappa shape index (κ1) is 12.9. The monoisotopic (exact) mass is 247 g/mol. The second-order valence-electron chi connectivity index (χ2n) is 4.84. The number of benzene rings is 1. The SMILES string of the molecule is CNC(=O)c1cccc(NC2CCCC2CN)c1. The zero-order valence-electron chi connectivity index (χ0n) is 10.8. The Hall–Kier alpha value is -1.55. The molecule has 0 saturated heterocycles. The number of nitrogens with one attached hydrogen (secondary N) is 2. The molecule has 0 aromatic heterocycles. The van der Waals surface area contributed by atoms with Gasteiger partial charge in [-0.15, -0.1) is 0 Å². The van der Waals surface area contributed by atoms with Gasteiger partial charge in [0.2, 0.25) is 0 Å². The van der Waals surface area contributed by atoms with Crippen molar-refractivity contribution >= 4 is 11.6 Å². The minimum Gasteiger partial charge on any atom is -0.382 e. The number of rotatable bonds is 4. The van der Waals surface area contributed by atoms with Gasteiger partial charge in [0.15, 0.2) is 0 Å². The van der Waals surface area contributed by atoms with Crippen LogP contribution >= 0.6 is 0 Å². The molecule has 18 heavy (non-hydrogen) atoms. The third-order valence-corrected chi connectivity index (χ3v) is 3.67. The first-order valence-electron chi connectivity index (χ1n) is 6.53. The predicted molar refractivity (Wildman–Crippen MR) is 73.6 cm³/mol. The van der Waals surface area contributed by atoms with Gasteiger partial charge in [-0.3, -0.25) is 4.79 Å². The fourth-order valence-corrected chi connectivity index (χ4v) is 2.62. The molecule has 0 heterocycles. The Kier molecular flexibility index (Phi) is 4.20. The lowest BCUT2D eigenvalue weighted by molar-refractivity contribution is 0.0963. The lowest BCUT2D eigenvalue weighted by Gasteiger charge is -2.21. The van der Waals surface area contributed by atoms with E-state index in [0.29, 0.717) is 17.5 Å². The fourth-order valence-electron chi connectivity index (χ4n) is 2.62. The van der Waals surface area contributed by atoms with E-state index in [1.165, 1.54) is 12.8 Å². The molecule has 2 rings (SSSR count). The molecule has 1 amide bonds. The summed E-state index contributed by atoms with van der Waals surface area (Å²) in [6.45, 7) is 0.729. The van der Waals surface area contributed by atoms with Crippen molar-refractivity contribution in [3.05, 3.63) is 29.8 Å². The molecule has 98 valence electrons. The van der Waals surface area contributed by atoms with Gasteiger partial charge in [-0.05, 0) is 43.5 Å². The molecule has 2 unspecified atom stereocenters. The Morgan fingerprint density at radius 3 is 3.00 bits per heavy atom. The standard InChI is InChI=1S/C14H21N3O/c1-16-14(18)10-4-2-6-12(8-10)17-13-7-3-5-11(13)9-15/h2,4,6,8,11,13,17H,3,5,7,9,15H2,1H3,(H,16,18). The first-order valence-corrected chi connectivity index (χ1v) is 6.53. The Labute approximate surface area is 108 Å². The van der Waals surface area contributed by atoms with Crippen molar-refractivity contribution in [1.82, 2.24) is 5.32 Å². The molecule has 0 radical (unpaired) electrons. The van der Waals surface area contributed by atoms with Crippen LogP contribution in [0.15, 0.2) is 24.3 Å². The topological polar surface area (TPSA) is 67.2 Å². The van der Waals surface area contributed by atoms with Crippen molar-refractivity contribution in [1.29, 1.82) is 0 Å². The van der Waals surface area contributed by atoms with Crippen LogP contribution in [0.2, 0.25) is 0 Å². The lowest BCUT2D eigenvalue weighted by Crippen LogP contribution is -2.29. The van der Waals surface area contributed by atoms with E-state index >= 15 is 0 Å². The maximum atomic E-state index is 11.6. The van der Waals surface area contributed by atoms with E-state index < -0.39 is 0 Å². The van der Waals surface area contributed by atoms with Crippen LogP contribution in [-0.2, 0) is 0 Å². The van der Waals surface area contributed by atoms with Crippen LogP contribution in [0.5, 0.6) is 0 Å². The average Bonchev–Trinajstić information content (AvgIpc) is 2.85. The highest BCUT2D eigenvalue weighted by Crippen LogP contribution is 2.27. The molecule has 1 saturated carbocycles. The minimum atomic E-state index is -0.0551. The third kappa shape index (κ3) is 2.82. The molecule has 4 heteroatoms. The molecule has 1 aromatic rings. The number of nitrogens with two attached hydrogens (primary N) is 1. The largest absolute Gasteiger partial charge is 0.382 e. The fraction of sp³-hybridized carbons (Fsp3) is 0.500. The molecular formula is C14H21N3O. The average molecular weight is 247 g/mol. The van der Waals surface area contributed by atoms with Crippen LogP contribution < -0.4 is 16.4 Å². The highest BCUT2D eigenvalue weighted by molar-refractivity contribution is 5.94. The molecule has 0 aliphatic heterocycles. The van der Waals surface area contributed by atoms with Gasteiger partial charge in [0.25, 0.3) is 5.91 Å². The second kappa shape index (κ2) is 5.87. The van der Waals surface area contributed by atoms with Crippen LogP contribution in [-0.4, -0.2) is 25.5 Å². The molecule has 0 bridgehead atoms. The summed E-state index contributed by atoms with van der Waals surface area (Å²) in [4.78, 5) is 11.6. The van der Waals surface area contributed by atoms with Crippen LogP contribution in [0.25, 0.3) is 0 Å². The maximum absolute atomic E-state index is 11.6. The van der Waals surface area contributed by atoms with Crippen molar-refractivity contribution in [2.45, 2.75) is 25.3 Å². The second-order valence-corrected chi connectivity index (χ2v) is 4.84. The Bertz CT molecular complexity index is 419. The van der Waals surface area contributed by atoms with Crippen molar-refractivity contribution in [3.8, 4) is 0 Å². The van der Waals surface area contributed by atoms with E-state index in [9.17, 15) is 4.79 Å². The molecule has 1 aliphatic carbocycles. The van der Waals surface area contributed by atoms with Gasteiger partial charge in [0.05, 0.1) is 0 Å². The summed E-state index contributed by atoms with van der Waals surface area (Å²) in [5.41, 5.74) is 7.46. The third-order valence-electron chi connectivity index (χ3n) is 3.67. The Morgan fingerprint density at radius 2 is 2.28 bits per heavy atom. The number of amides is 1. The van der Waals surface area contributed by atoms with Gasteiger partial charge in [-0.25, -0.2) is 0 Å². The summed E-state index contributed by atoms with van der Waals surface area (Å²) in [6.07, 6.45) is 3.59. The van der Waals surface area contributed by atoms with E-state index in [4.69, 9.17) is 5.73 Å². The molecule has 4 N–H and O–H groups in total. The summed E-state index contributed by atoms with van der Waals surface area (Å²) in [5, 5.41) is 6.14. The summed E-state index contributed by atoms with van der Waals surface area (Å²) in [7, 11) is 1.64. The maximum Gasteiger partial charge on any atom is 0.251 e. The number of carbonyl (C=O) groups excluding carboxylic acids is 1. The molecule has 1 aliphatic rings. The molecule has 1 aromatic carbocycles. The van der Waals surface area contributed by atoms with Gasteiger partial charge >= 0.3 is 0 Å². The summed E-state index contributed by atoms with van der Waals surface area (Å²) in [6, 6.07) is 8.05. The lowest BCUT2D eigenvalue weighted by atomic mass is 10.0. The Morgan fingerprint density at radius 1 is 1.44 bits per heavy atom. The van der Waals surface area contributed by atoms with Gasteiger partial charge in [-0.1, -0.05) is 12.5 Å². The first-order chi connectivity index (χ1) is 8.74. The zero-order chi connectivity index (χ0) is 13.0. The van der Waals surface area contributed by atoms with Crippen LogP contribution in [0.3, 0.4) is 0 Å². The van der Waals surface area contributed by atoms with Gasteiger partial charge in [-0.2, -0.15) is 0 Å². The van der Waals surface area contributed by atoms with Gasteiger partial charge < -0.3 is 16.4 Å². The van der Waals surface area contributed by atoms with Crippen molar-refractivity contribution < 1.29 is 4.79 Å². The highest BCUT2D eigenvalue weighted by Gasteiger charge is 2.25. The van der Waals surface area contributed by atoms with E-state index in [1.54, 1.807) is 7.05 Å². The quantitative estimate of drug-likeness (QED) is 0.757. The van der Waals surface area contributed by atoms with E-state index in [2.05, 4.69) is 10.6 Å².